The Labute approximate surface area is 115 Å². The fourth-order valence-corrected chi connectivity index (χ4v) is 2.73. The second-order valence-corrected chi connectivity index (χ2v) is 5.63. The molecule has 19 heavy (non-hydrogen) atoms. The van der Waals surface area contributed by atoms with Crippen LogP contribution in [-0.2, 0) is 0 Å². The zero-order valence-electron chi connectivity index (χ0n) is 10.0. The maximum absolute atomic E-state index is 8.83. The number of aromatic nitrogens is 1. The second-order valence-electron chi connectivity index (χ2n) is 3.88. The molecule has 0 bridgehead atoms. The Morgan fingerprint density at radius 2 is 1.74 bits per heavy atom. The molecule has 3 rings (SSSR count). The monoisotopic (exact) mass is 302 g/mol. The summed E-state index contributed by atoms with van der Waals surface area (Å²) in [5, 5.41) is 3.49. The van der Waals surface area contributed by atoms with Crippen LogP contribution in [0.1, 0.15) is 5.69 Å². The zero-order valence-corrected chi connectivity index (χ0v) is 11.6. The van der Waals surface area contributed by atoms with Crippen LogP contribution in [0, 0.1) is 17.2 Å². The average molecular weight is 303 g/mol. The fraction of sp³-hybridized carbons (Fsp3) is 0.0833. The van der Waals surface area contributed by atoms with Crippen LogP contribution in [0.25, 0.3) is 15.7 Å². The third-order valence-corrected chi connectivity index (χ3v) is 3.53. The van der Waals surface area contributed by atoms with E-state index in [0.29, 0.717) is 0 Å². The Bertz CT molecular complexity index is 702. The number of halogens is 1. The third-order valence-electron chi connectivity index (χ3n) is 2.51. The minimum atomic E-state index is -4.19. The number of nitrogens with zero attached hydrogens (tertiary/aromatic N) is 1. The first-order valence-corrected chi connectivity index (χ1v) is 7.50. The van der Waals surface area contributed by atoms with Gasteiger partial charge in [-0.15, -0.1) is 4.40 Å². The summed E-state index contributed by atoms with van der Waals surface area (Å²) < 4.78 is 32.5. The van der Waals surface area contributed by atoms with Crippen LogP contribution >= 0.6 is 11.3 Å². The van der Waals surface area contributed by atoms with Gasteiger partial charge in [-0.3, -0.25) is 0 Å². The molecule has 0 radical (unpaired) electrons. The van der Waals surface area contributed by atoms with Gasteiger partial charge in [0.1, 0.15) is 0 Å². The molecule has 2 heterocycles. The maximum atomic E-state index is 8.83. The number of hydrogen-bond acceptors (Lipinski definition) is 5. The van der Waals surface area contributed by atoms with Gasteiger partial charge in [-0.2, -0.15) is 0 Å². The minimum absolute atomic E-state index is 1.30. The van der Waals surface area contributed by atoms with Crippen LogP contribution in [-0.4, -0.2) is 14.0 Å². The topological polar surface area (TPSA) is 87.9 Å². The van der Waals surface area contributed by atoms with Crippen LogP contribution in [0.15, 0.2) is 41.8 Å². The van der Waals surface area contributed by atoms with Crippen LogP contribution in [0.2, 0.25) is 0 Å². The molecule has 3 aromatic rings. The van der Waals surface area contributed by atoms with E-state index in [4.69, 9.17) is 18.6 Å². The van der Waals surface area contributed by atoms with E-state index in [0.717, 1.165) is 0 Å². The van der Waals surface area contributed by atoms with E-state index < -0.39 is 10.2 Å². The van der Waals surface area contributed by atoms with E-state index in [1.165, 1.54) is 21.4 Å². The van der Waals surface area contributed by atoms with Crippen molar-refractivity contribution in [3.05, 3.63) is 47.5 Å². The molecule has 1 aromatic carbocycles. The molecule has 7 heteroatoms. The van der Waals surface area contributed by atoms with Crippen molar-refractivity contribution in [2.75, 3.05) is 0 Å². The first kappa shape index (κ1) is 14.1. The van der Waals surface area contributed by atoms with Gasteiger partial charge in [-0.05, 0) is 12.1 Å². The molecule has 0 fully saturated rings. The van der Waals surface area contributed by atoms with Crippen molar-refractivity contribution in [2.45, 2.75) is 6.92 Å². The predicted octanol–water partition coefficient (Wildman–Crippen LogP) is 0.0884. The Kier molecular flexibility index (Phi) is 4.00. The molecule has 0 saturated carbocycles. The molecule has 0 aliphatic heterocycles. The number of benzene rings is 1. The van der Waals surface area contributed by atoms with Crippen molar-refractivity contribution < 1.29 is 33.3 Å². The summed E-state index contributed by atoms with van der Waals surface area (Å²) in [5.41, 5.74) is 2.60. The van der Waals surface area contributed by atoms with E-state index in [9.17, 15) is 0 Å². The number of thiazole rings is 1. The number of fused-ring (bicyclic) bond motifs is 3. The second kappa shape index (κ2) is 5.38. The number of aryl methyl sites for hydroxylation is 1. The Morgan fingerprint density at radius 1 is 1.11 bits per heavy atom. The SMILES string of the molecule is Cc1csc2ccc3ccccc3[n+]12.[O-][Cl+](O)(O)O. The van der Waals surface area contributed by atoms with E-state index in [-0.39, 0.29) is 0 Å². The van der Waals surface area contributed by atoms with Gasteiger partial charge >= 0.3 is 28.9 Å². The Morgan fingerprint density at radius 3 is 2.42 bits per heavy atom. The van der Waals surface area contributed by atoms with Crippen LogP contribution < -0.4 is 9.06 Å². The molecule has 0 saturated heterocycles. The van der Waals surface area contributed by atoms with Gasteiger partial charge in [0.2, 0.25) is 5.52 Å². The molecule has 0 spiro atoms. The summed E-state index contributed by atoms with van der Waals surface area (Å²) in [6.07, 6.45) is 0. The number of para-hydroxylation sites is 1. The van der Waals surface area contributed by atoms with Crippen molar-refractivity contribution >= 4 is 27.1 Å². The summed E-state index contributed by atoms with van der Waals surface area (Å²) in [5.74, 6) is 0. The molecule has 0 amide bonds. The molecule has 5 nitrogen and oxygen atoms in total. The van der Waals surface area contributed by atoms with Crippen molar-refractivity contribution in [1.29, 1.82) is 0 Å². The van der Waals surface area contributed by atoms with Gasteiger partial charge in [-0.25, -0.2) is 0 Å². The molecular formula is C12H13ClNO4S+. The number of rotatable bonds is 0. The number of hydrogen-bond donors (Lipinski definition) is 3. The van der Waals surface area contributed by atoms with Gasteiger partial charge in [0.25, 0.3) is 4.83 Å². The summed E-state index contributed by atoms with van der Waals surface area (Å²) in [4.78, 5) is 1.31. The van der Waals surface area contributed by atoms with E-state index in [1.807, 2.05) is 0 Å². The van der Waals surface area contributed by atoms with E-state index >= 15 is 0 Å². The van der Waals surface area contributed by atoms with Gasteiger partial charge in [0, 0.05) is 24.4 Å². The third kappa shape index (κ3) is 3.60. The quantitative estimate of drug-likeness (QED) is 0.514. The Balaban J connectivity index is 0.000000232. The molecule has 0 unspecified atom stereocenters. The fourth-order valence-electron chi connectivity index (χ4n) is 1.84. The summed E-state index contributed by atoms with van der Waals surface area (Å²) >= 11 is 1.79. The van der Waals surface area contributed by atoms with Crippen molar-refractivity contribution in [3.63, 3.8) is 0 Å². The molecule has 3 N–H and O–H groups in total. The summed E-state index contributed by atoms with van der Waals surface area (Å²) in [6, 6.07) is 12.9. The van der Waals surface area contributed by atoms with Crippen LogP contribution in [0.5, 0.6) is 0 Å². The zero-order chi connectivity index (χ0) is 14.0. The standard InChI is InChI=1S/C12H10NS.ClH3O4/c1-9-8-14-12-7-6-10-4-2-3-5-11(10)13(9)12;2-1(3,4)5/h2-8H,1H3;2-4H/q+1;. The van der Waals surface area contributed by atoms with Gasteiger partial charge < -0.3 is 0 Å². The van der Waals surface area contributed by atoms with Gasteiger partial charge in [-0.1, -0.05) is 23.5 Å². The van der Waals surface area contributed by atoms with Crippen molar-refractivity contribution in [1.82, 2.24) is 0 Å². The van der Waals surface area contributed by atoms with Crippen LogP contribution in [0.3, 0.4) is 0 Å². The van der Waals surface area contributed by atoms with Crippen molar-refractivity contribution in [3.8, 4) is 0 Å². The molecule has 0 aliphatic rings. The Hall–Kier alpha value is -1.28. The van der Waals surface area contributed by atoms with Crippen molar-refractivity contribution in [2.24, 2.45) is 0 Å². The molecule has 2 aromatic heterocycles. The molecule has 102 valence electrons. The van der Waals surface area contributed by atoms with Gasteiger partial charge in [0.15, 0.2) is 5.69 Å². The molecular weight excluding hydrogens is 290 g/mol. The normalized spacial score (nSPS) is 12.3. The first-order chi connectivity index (χ1) is 8.86. The van der Waals surface area contributed by atoms with Crippen LogP contribution in [0.4, 0.5) is 0 Å². The summed E-state index contributed by atoms with van der Waals surface area (Å²) in [6.45, 7) is 2.15. The molecule has 0 aliphatic carbocycles. The predicted molar refractivity (Wildman–Crippen MR) is 66.4 cm³/mol. The summed E-state index contributed by atoms with van der Waals surface area (Å²) in [7, 11) is -4.19. The molecule has 0 atom stereocenters. The first-order valence-electron chi connectivity index (χ1n) is 5.30. The van der Waals surface area contributed by atoms with E-state index in [1.54, 1.807) is 11.3 Å². The van der Waals surface area contributed by atoms with E-state index in [2.05, 4.69) is 53.1 Å². The average Bonchev–Trinajstić information content (AvgIpc) is 2.69. The van der Waals surface area contributed by atoms with Gasteiger partial charge in [0.05, 0.1) is 5.38 Å². The number of pyridine rings is 1.